The van der Waals surface area contributed by atoms with Crippen LogP contribution in [-0.2, 0) is 7.05 Å². The van der Waals surface area contributed by atoms with Crippen molar-refractivity contribution in [1.29, 1.82) is 0 Å². The summed E-state index contributed by atoms with van der Waals surface area (Å²) in [5.41, 5.74) is 17.1. The van der Waals surface area contributed by atoms with Gasteiger partial charge in [0.05, 0.1) is 10.8 Å². The number of aryl methyl sites for hydroxylation is 1. The zero-order valence-electron chi connectivity index (χ0n) is 13.0. The molecule has 0 saturated heterocycles. The van der Waals surface area contributed by atoms with Crippen molar-refractivity contribution in [3.63, 3.8) is 0 Å². The number of para-hydroxylation sites is 1. The second-order valence-electron chi connectivity index (χ2n) is 5.82. The third-order valence-electron chi connectivity index (χ3n) is 4.41. The van der Waals surface area contributed by atoms with Crippen molar-refractivity contribution in [1.82, 2.24) is 0 Å². The number of benzene rings is 3. The number of pyridine rings is 1. The second-order valence-corrected chi connectivity index (χ2v) is 5.82. The van der Waals surface area contributed by atoms with E-state index in [2.05, 4.69) is 41.9 Å². The van der Waals surface area contributed by atoms with Gasteiger partial charge in [0.25, 0.3) is 0 Å². The molecular weight excluding hydrogens is 282 g/mol. The van der Waals surface area contributed by atoms with Crippen molar-refractivity contribution in [3.8, 4) is 11.3 Å². The molecule has 0 aliphatic carbocycles. The fourth-order valence-corrected chi connectivity index (χ4v) is 3.32. The van der Waals surface area contributed by atoms with E-state index in [9.17, 15) is 0 Å². The van der Waals surface area contributed by atoms with E-state index in [1.165, 1.54) is 16.3 Å². The number of rotatable bonds is 1. The monoisotopic (exact) mass is 300 g/mol. The Balaban J connectivity index is 2.25. The summed E-state index contributed by atoms with van der Waals surface area (Å²) in [5, 5.41) is 3.46. The lowest BCUT2D eigenvalue weighted by molar-refractivity contribution is -0.632. The number of nitrogens with two attached hydrogens (primary N) is 2. The Morgan fingerprint density at radius 1 is 0.739 bits per heavy atom. The van der Waals surface area contributed by atoms with Gasteiger partial charge in [-0.3, -0.25) is 0 Å². The SMILES string of the molecule is C[n+]1c(-c2ccc(N)cc2)c2c(N)cccc2c2ccccc21. The van der Waals surface area contributed by atoms with Crippen molar-refractivity contribution < 1.29 is 4.57 Å². The normalized spacial score (nSPS) is 11.2. The van der Waals surface area contributed by atoms with Crippen molar-refractivity contribution >= 4 is 33.1 Å². The number of hydrogen-bond donors (Lipinski definition) is 2. The van der Waals surface area contributed by atoms with E-state index in [-0.39, 0.29) is 0 Å². The molecule has 0 aliphatic rings. The van der Waals surface area contributed by atoms with Crippen molar-refractivity contribution in [2.45, 2.75) is 0 Å². The number of nitrogens with zero attached hydrogens (tertiary/aromatic N) is 1. The Hall–Kier alpha value is -3.07. The van der Waals surface area contributed by atoms with Crippen molar-refractivity contribution in [2.24, 2.45) is 7.05 Å². The molecule has 0 spiro atoms. The largest absolute Gasteiger partial charge is 0.399 e. The Bertz CT molecular complexity index is 1030. The molecule has 0 fully saturated rings. The van der Waals surface area contributed by atoms with Gasteiger partial charge in [-0.25, -0.2) is 0 Å². The molecule has 0 aliphatic heterocycles. The summed E-state index contributed by atoms with van der Waals surface area (Å²) in [6, 6.07) is 22.5. The fraction of sp³-hybridized carbons (Fsp3) is 0.0500. The molecule has 0 amide bonds. The number of fused-ring (bicyclic) bond motifs is 3. The molecule has 4 aromatic rings. The van der Waals surface area contributed by atoms with Crippen LogP contribution in [0.4, 0.5) is 11.4 Å². The molecule has 112 valence electrons. The van der Waals surface area contributed by atoms with Gasteiger partial charge in [-0.2, -0.15) is 4.57 Å². The Kier molecular flexibility index (Phi) is 2.95. The summed E-state index contributed by atoms with van der Waals surface area (Å²) >= 11 is 0. The minimum absolute atomic E-state index is 0.759. The highest BCUT2D eigenvalue weighted by molar-refractivity contribution is 6.13. The number of nitrogen functional groups attached to an aromatic ring is 2. The number of anilines is 2. The van der Waals surface area contributed by atoms with Gasteiger partial charge in [0.1, 0.15) is 7.05 Å². The quantitative estimate of drug-likeness (QED) is 0.320. The summed E-state index contributed by atoms with van der Waals surface area (Å²) < 4.78 is 2.21. The predicted octanol–water partition coefficient (Wildman–Crippen LogP) is 3.65. The van der Waals surface area contributed by atoms with E-state index in [1.807, 2.05) is 36.4 Å². The Morgan fingerprint density at radius 3 is 2.22 bits per heavy atom. The first-order valence-corrected chi connectivity index (χ1v) is 7.61. The smallest absolute Gasteiger partial charge is 0.222 e. The maximum atomic E-state index is 6.35. The zero-order chi connectivity index (χ0) is 16.0. The number of aromatic nitrogens is 1. The highest BCUT2D eigenvalue weighted by atomic mass is 14.9. The molecule has 0 radical (unpaired) electrons. The third-order valence-corrected chi connectivity index (χ3v) is 4.41. The summed E-state index contributed by atoms with van der Waals surface area (Å²) in [6.45, 7) is 0. The summed E-state index contributed by atoms with van der Waals surface area (Å²) in [4.78, 5) is 0. The van der Waals surface area contributed by atoms with Gasteiger partial charge < -0.3 is 11.5 Å². The molecular formula is C20H18N3+. The summed E-state index contributed by atoms with van der Waals surface area (Å²) in [7, 11) is 2.08. The van der Waals surface area contributed by atoms with E-state index in [0.29, 0.717) is 0 Å². The molecule has 0 bridgehead atoms. The van der Waals surface area contributed by atoms with Gasteiger partial charge in [-0.15, -0.1) is 0 Å². The van der Waals surface area contributed by atoms with Crippen LogP contribution >= 0.6 is 0 Å². The molecule has 4 rings (SSSR count). The van der Waals surface area contributed by atoms with Gasteiger partial charge in [0.2, 0.25) is 11.2 Å². The van der Waals surface area contributed by atoms with E-state index in [1.54, 1.807) is 0 Å². The minimum Gasteiger partial charge on any atom is -0.399 e. The fourth-order valence-electron chi connectivity index (χ4n) is 3.32. The molecule has 1 aromatic heterocycles. The van der Waals surface area contributed by atoms with Crippen LogP contribution in [0.3, 0.4) is 0 Å². The van der Waals surface area contributed by atoms with Crippen LogP contribution in [0, 0.1) is 0 Å². The van der Waals surface area contributed by atoms with Crippen LogP contribution in [0.2, 0.25) is 0 Å². The van der Waals surface area contributed by atoms with Crippen LogP contribution in [0.1, 0.15) is 0 Å². The molecule has 4 N–H and O–H groups in total. The standard InChI is InChI=1S/C20H17N3/c1-23-18-8-3-2-5-15(18)16-6-4-7-17(22)19(16)20(23)13-9-11-14(21)12-10-13/h2-12H,1H3,(H3,21,22)/p+1. The summed E-state index contributed by atoms with van der Waals surface area (Å²) in [5.74, 6) is 0. The lowest BCUT2D eigenvalue weighted by Gasteiger charge is -2.11. The zero-order valence-corrected chi connectivity index (χ0v) is 13.0. The molecule has 1 heterocycles. The lowest BCUT2D eigenvalue weighted by atomic mass is 9.98. The average molecular weight is 300 g/mol. The average Bonchev–Trinajstić information content (AvgIpc) is 2.57. The van der Waals surface area contributed by atoms with Crippen LogP contribution in [0.25, 0.3) is 32.9 Å². The lowest BCUT2D eigenvalue weighted by Crippen LogP contribution is -2.32. The van der Waals surface area contributed by atoms with E-state index in [0.717, 1.165) is 28.0 Å². The molecule has 3 aromatic carbocycles. The van der Waals surface area contributed by atoms with E-state index in [4.69, 9.17) is 11.5 Å². The first kappa shape index (κ1) is 13.6. The van der Waals surface area contributed by atoms with Crippen molar-refractivity contribution in [3.05, 3.63) is 66.7 Å². The van der Waals surface area contributed by atoms with E-state index >= 15 is 0 Å². The molecule has 0 unspecified atom stereocenters. The second kappa shape index (κ2) is 4.99. The highest BCUT2D eigenvalue weighted by Crippen LogP contribution is 2.34. The Morgan fingerprint density at radius 2 is 1.43 bits per heavy atom. The molecule has 3 nitrogen and oxygen atoms in total. The van der Waals surface area contributed by atoms with E-state index < -0.39 is 0 Å². The Labute approximate surface area is 134 Å². The topological polar surface area (TPSA) is 55.9 Å². The van der Waals surface area contributed by atoms with Crippen LogP contribution in [0.15, 0.2) is 66.7 Å². The van der Waals surface area contributed by atoms with Gasteiger partial charge in [0, 0.05) is 28.4 Å². The predicted molar refractivity (Wildman–Crippen MR) is 96.9 cm³/mol. The van der Waals surface area contributed by atoms with Gasteiger partial charge in [-0.05, 0) is 36.4 Å². The van der Waals surface area contributed by atoms with Gasteiger partial charge in [0.15, 0.2) is 0 Å². The highest BCUT2D eigenvalue weighted by Gasteiger charge is 2.21. The van der Waals surface area contributed by atoms with Gasteiger partial charge in [-0.1, -0.05) is 24.3 Å². The molecule has 3 heteroatoms. The maximum Gasteiger partial charge on any atom is 0.222 e. The summed E-state index contributed by atoms with van der Waals surface area (Å²) in [6.07, 6.45) is 0. The molecule has 0 atom stereocenters. The number of hydrogen-bond acceptors (Lipinski definition) is 2. The first-order valence-electron chi connectivity index (χ1n) is 7.61. The molecule has 23 heavy (non-hydrogen) atoms. The maximum absolute atomic E-state index is 6.35. The van der Waals surface area contributed by atoms with Gasteiger partial charge >= 0.3 is 0 Å². The van der Waals surface area contributed by atoms with Crippen LogP contribution in [-0.4, -0.2) is 0 Å². The molecule has 0 saturated carbocycles. The minimum atomic E-state index is 0.759. The van der Waals surface area contributed by atoms with Crippen LogP contribution in [0.5, 0.6) is 0 Å². The first-order chi connectivity index (χ1) is 11.2. The van der Waals surface area contributed by atoms with Crippen molar-refractivity contribution in [2.75, 3.05) is 11.5 Å². The third kappa shape index (κ3) is 2.01. The van der Waals surface area contributed by atoms with Crippen LogP contribution < -0.4 is 16.0 Å².